The van der Waals surface area contributed by atoms with Gasteiger partial charge in [0.25, 0.3) is 0 Å². The van der Waals surface area contributed by atoms with Crippen molar-refractivity contribution in [3.05, 3.63) is 0 Å². The zero-order valence-electron chi connectivity index (χ0n) is 18.8. The van der Waals surface area contributed by atoms with Gasteiger partial charge < -0.3 is 19.8 Å². The number of carboxylic acid groups (broad SMARTS) is 2. The fourth-order valence-electron chi connectivity index (χ4n) is 3.94. The van der Waals surface area contributed by atoms with Crippen LogP contribution in [0.3, 0.4) is 0 Å². The average Bonchev–Trinajstić information content (AvgIpc) is 2.54. The summed E-state index contributed by atoms with van der Waals surface area (Å²) >= 11 is 0. The maximum atomic E-state index is 11.0. The molecular weight excluding hydrogens is 360 g/mol. The summed E-state index contributed by atoms with van der Waals surface area (Å²) < 4.78 is 0. The summed E-state index contributed by atoms with van der Waals surface area (Å²) in [7, 11) is 0. The molecule has 6 heteroatoms. The summed E-state index contributed by atoms with van der Waals surface area (Å²) in [6.45, 7) is 15.1. The van der Waals surface area contributed by atoms with Crippen molar-refractivity contribution in [2.75, 3.05) is 0 Å². The first-order valence-corrected chi connectivity index (χ1v) is 10.1. The van der Waals surface area contributed by atoms with Gasteiger partial charge in [-0.3, -0.25) is 9.59 Å². The third kappa shape index (κ3) is 10.00. The van der Waals surface area contributed by atoms with Gasteiger partial charge in [-0.2, -0.15) is 0 Å². The molecule has 0 spiro atoms. The van der Waals surface area contributed by atoms with E-state index in [0.717, 1.165) is 19.0 Å². The van der Waals surface area contributed by atoms with Gasteiger partial charge in [-0.1, -0.05) is 55.4 Å². The number of aldehydes is 2. The molecular formula is C22H40O6. The van der Waals surface area contributed by atoms with Crippen molar-refractivity contribution in [1.29, 1.82) is 0 Å². The molecule has 0 aliphatic carbocycles. The first-order chi connectivity index (χ1) is 12.7. The first kappa shape index (κ1) is 28.5. The van der Waals surface area contributed by atoms with E-state index in [1.807, 2.05) is 48.5 Å². The topological polar surface area (TPSA) is 109 Å². The molecule has 164 valence electrons. The summed E-state index contributed by atoms with van der Waals surface area (Å²) in [5.41, 5.74) is -0.546. The minimum Gasteiger partial charge on any atom is -0.481 e. The molecule has 0 amide bonds. The lowest BCUT2D eigenvalue weighted by molar-refractivity contribution is -0.147. The second kappa shape index (κ2) is 12.7. The molecule has 4 unspecified atom stereocenters. The van der Waals surface area contributed by atoms with E-state index in [9.17, 15) is 19.2 Å². The number of carboxylic acids is 2. The molecule has 28 heavy (non-hydrogen) atoms. The third-order valence-corrected chi connectivity index (χ3v) is 5.59. The fraction of sp³-hybridized carbons (Fsp3) is 0.818. The summed E-state index contributed by atoms with van der Waals surface area (Å²) in [6.07, 6.45) is 4.36. The molecule has 0 saturated heterocycles. The van der Waals surface area contributed by atoms with E-state index in [1.165, 1.54) is 0 Å². The van der Waals surface area contributed by atoms with Crippen molar-refractivity contribution in [3.63, 3.8) is 0 Å². The fourth-order valence-corrected chi connectivity index (χ4v) is 3.94. The number of hydrogen-bond donors (Lipinski definition) is 2. The number of carbonyl (C=O) groups excluding carboxylic acids is 2. The van der Waals surface area contributed by atoms with Crippen LogP contribution in [0.1, 0.15) is 81.1 Å². The lowest BCUT2D eigenvalue weighted by Crippen LogP contribution is -2.32. The van der Waals surface area contributed by atoms with Crippen molar-refractivity contribution in [2.45, 2.75) is 81.1 Å². The molecule has 0 radical (unpaired) electrons. The van der Waals surface area contributed by atoms with Gasteiger partial charge in [0.2, 0.25) is 0 Å². The molecule has 0 aromatic rings. The molecule has 6 nitrogen and oxygen atoms in total. The smallest absolute Gasteiger partial charge is 0.307 e. The van der Waals surface area contributed by atoms with Crippen molar-refractivity contribution >= 4 is 24.5 Å². The van der Waals surface area contributed by atoms with E-state index in [0.29, 0.717) is 19.3 Å². The monoisotopic (exact) mass is 400 g/mol. The predicted octanol–water partition coefficient (Wildman–Crippen LogP) is 4.70. The van der Waals surface area contributed by atoms with Gasteiger partial charge in [-0.25, -0.2) is 0 Å². The van der Waals surface area contributed by atoms with E-state index < -0.39 is 11.9 Å². The van der Waals surface area contributed by atoms with Crippen LogP contribution in [0.15, 0.2) is 0 Å². The number of hydrogen-bond acceptors (Lipinski definition) is 4. The zero-order chi connectivity index (χ0) is 22.7. The second-order valence-corrected chi connectivity index (χ2v) is 9.19. The van der Waals surface area contributed by atoms with Crippen LogP contribution in [0.25, 0.3) is 0 Å². The summed E-state index contributed by atoms with van der Waals surface area (Å²) in [5.74, 6) is -2.44. The Labute approximate surface area is 170 Å². The highest BCUT2D eigenvalue weighted by molar-refractivity contribution is 5.71. The van der Waals surface area contributed by atoms with Crippen LogP contribution in [-0.2, 0) is 19.2 Å². The Morgan fingerprint density at radius 3 is 1.61 bits per heavy atom. The van der Waals surface area contributed by atoms with Crippen LogP contribution in [0, 0.1) is 34.5 Å². The number of carbonyl (C=O) groups is 4. The molecule has 0 aliphatic rings. The minimum absolute atomic E-state index is 0.0516. The Balaban J connectivity index is 0. The van der Waals surface area contributed by atoms with Crippen LogP contribution >= 0.6 is 0 Å². The van der Waals surface area contributed by atoms with Gasteiger partial charge in [0.15, 0.2) is 0 Å². The van der Waals surface area contributed by atoms with Crippen LogP contribution in [0.2, 0.25) is 0 Å². The summed E-state index contributed by atoms with van der Waals surface area (Å²) in [6, 6.07) is 0. The lowest BCUT2D eigenvalue weighted by atomic mass is 9.72. The largest absolute Gasteiger partial charge is 0.481 e. The Morgan fingerprint density at radius 1 is 0.821 bits per heavy atom. The van der Waals surface area contributed by atoms with Gasteiger partial charge in [0, 0.05) is 11.8 Å². The molecule has 0 bridgehead atoms. The molecule has 4 atom stereocenters. The van der Waals surface area contributed by atoms with Crippen LogP contribution in [0.4, 0.5) is 0 Å². The number of aliphatic carboxylic acids is 2. The zero-order valence-corrected chi connectivity index (χ0v) is 18.8. The Kier molecular flexibility index (Phi) is 12.9. The SMILES string of the molecule is CCC(C(=O)O)C(C)(C)CC(C)C=O.CCC(C=O)C(C)(C)CC(C)C(=O)O. The van der Waals surface area contributed by atoms with E-state index in [4.69, 9.17) is 10.2 Å². The Hall–Kier alpha value is -1.72. The highest BCUT2D eigenvalue weighted by Crippen LogP contribution is 2.36. The normalized spacial score (nSPS) is 16.0. The van der Waals surface area contributed by atoms with Gasteiger partial charge in [-0.05, 0) is 36.5 Å². The van der Waals surface area contributed by atoms with E-state index in [2.05, 4.69) is 0 Å². The van der Waals surface area contributed by atoms with Gasteiger partial charge in [0.1, 0.15) is 12.6 Å². The number of rotatable bonds is 12. The van der Waals surface area contributed by atoms with Crippen LogP contribution in [0.5, 0.6) is 0 Å². The molecule has 2 N–H and O–H groups in total. The maximum absolute atomic E-state index is 11.0. The molecule has 0 aromatic heterocycles. The second-order valence-electron chi connectivity index (χ2n) is 9.19. The lowest BCUT2D eigenvalue weighted by Gasteiger charge is -2.32. The van der Waals surface area contributed by atoms with Crippen molar-refractivity contribution in [3.8, 4) is 0 Å². The van der Waals surface area contributed by atoms with E-state index >= 15 is 0 Å². The highest BCUT2D eigenvalue weighted by atomic mass is 16.4. The summed E-state index contributed by atoms with van der Waals surface area (Å²) in [5, 5.41) is 17.8. The van der Waals surface area contributed by atoms with Crippen LogP contribution < -0.4 is 0 Å². The van der Waals surface area contributed by atoms with Gasteiger partial charge in [0.05, 0.1) is 11.8 Å². The predicted molar refractivity (Wildman–Crippen MR) is 110 cm³/mol. The first-order valence-electron chi connectivity index (χ1n) is 10.1. The third-order valence-electron chi connectivity index (χ3n) is 5.59. The Bertz CT molecular complexity index is 509. The van der Waals surface area contributed by atoms with Crippen molar-refractivity contribution in [1.82, 2.24) is 0 Å². The standard InChI is InChI=1S/2C11H20O3/c1-5-9(7-12)11(3,4)6-8(2)10(13)14;1-5-9(10(13)14)11(3,4)6-8(2)7-12/h2*7-9H,5-6H2,1-4H3,(H,13,14). The molecule has 0 fully saturated rings. The highest BCUT2D eigenvalue weighted by Gasteiger charge is 2.34. The molecule has 0 aromatic carbocycles. The van der Waals surface area contributed by atoms with Crippen LogP contribution in [-0.4, -0.2) is 34.7 Å². The van der Waals surface area contributed by atoms with E-state index in [1.54, 1.807) is 6.92 Å². The molecule has 0 saturated carbocycles. The van der Waals surface area contributed by atoms with Gasteiger partial charge in [-0.15, -0.1) is 0 Å². The quantitative estimate of drug-likeness (QED) is 0.460. The van der Waals surface area contributed by atoms with Gasteiger partial charge >= 0.3 is 11.9 Å². The van der Waals surface area contributed by atoms with Crippen molar-refractivity contribution < 1.29 is 29.4 Å². The summed E-state index contributed by atoms with van der Waals surface area (Å²) in [4.78, 5) is 42.9. The minimum atomic E-state index is -0.793. The van der Waals surface area contributed by atoms with Crippen molar-refractivity contribution in [2.24, 2.45) is 34.5 Å². The average molecular weight is 401 g/mol. The Morgan fingerprint density at radius 2 is 1.32 bits per heavy atom. The molecule has 0 aliphatic heterocycles. The van der Waals surface area contributed by atoms with E-state index in [-0.39, 0.29) is 34.5 Å². The maximum Gasteiger partial charge on any atom is 0.307 e. The molecule has 0 rings (SSSR count). The molecule has 0 heterocycles.